The summed E-state index contributed by atoms with van der Waals surface area (Å²) >= 11 is 0. The normalized spacial score (nSPS) is 13.3. The summed E-state index contributed by atoms with van der Waals surface area (Å²) in [6, 6.07) is 3.71. The molecule has 0 saturated carbocycles. The number of imidazole rings is 1. The van der Waals surface area contributed by atoms with E-state index in [2.05, 4.69) is 15.0 Å². The van der Waals surface area contributed by atoms with Crippen LogP contribution >= 0.6 is 0 Å². The number of fused-ring (bicyclic) bond motifs is 1. The molecule has 0 radical (unpaired) electrons. The van der Waals surface area contributed by atoms with E-state index in [1.165, 1.54) is 0 Å². The smallest absolute Gasteiger partial charge is 0.179 e. The van der Waals surface area contributed by atoms with Crippen molar-refractivity contribution in [1.29, 1.82) is 0 Å². The molecule has 0 saturated heterocycles. The van der Waals surface area contributed by atoms with Gasteiger partial charge in [-0.2, -0.15) is 0 Å². The van der Waals surface area contributed by atoms with Gasteiger partial charge in [0.25, 0.3) is 0 Å². The highest BCUT2D eigenvalue weighted by Crippen LogP contribution is 2.11. The van der Waals surface area contributed by atoms with Crippen LogP contribution in [0.4, 0.5) is 5.82 Å². The van der Waals surface area contributed by atoms with Gasteiger partial charge in [-0.3, -0.25) is 0 Å². The quantitative estimate of drug-likeness (QED) is 0.641. The number of H-pyrrole nitrogens is 1. The molecule has 2 rings (SSSR count). The van der Waals surface area contributed by atoms with Crippen molar-refractivity contribution in [2.24, 2.45) is 5.73 Å². The van der Waals surface area contributed by atoms with E-state index >= 15 is 0 Å². The molecule has 0 aromatic carbocycles. The van der Waals surface area contributed by atoms with E-state index in [1.807, 2.05) is 13.0 Å². The summed E-state index contributed by atoms with van der Waals surface area (Å²) in [7, 11) is 0. The first-order chi connectivity index (χ1) is 6.65. The average molecular weight is 191 g/mol. The minimum Gasteiger partial charge on any atom is -0.384 e. The molecule has 2 aromatic rings. The number of nitrogen functional groups attached to an aromatic ring is 1. The van der Waals surface area contributed by atoms with Crippen LogP contribution in [-0.4, -0.2) is 21.0 Å². The number of hydrogen-bond donors (Lipinski definition) is 3. The minimum atomic E-state index is 0.0907. The Bertz CT molecular complexity index is 445. The Labute approximate surface area is 81.5 Å². The van der Waals surface area contributed by atoms with Crippen molar-refractivity contribution >= 4 is 17.0 Å². The molecule has 5 nitrogen and oxygen atoms in total. The van der Waals surface area contributed by atoms with E-state index in [9.17, 15) is 0 Å². The predicted octanol–water partition coefficient (Wildman–Crippen LogP) is 0.430. The molecular formula is C9H13N5. The summed E-state index contributed by atoms with van der Waals surface area (Å²) in [6.45, 7) is 1.94. The van der Waals surface area contributed by atoms with Gasteiger partial charge in [-0.25, -0.2) is 9.97 Å². The van der Waals surface area contributed by atoms with Crippen LogP contribution < -0.4 is 11.5 Å². The molecule has 14 heavy (non-hydrogen) atoms. The monoisotopic (exact) mass is 191 g/mol. The zero-order chi connectivity index (χ0) is 10.1. The topological polar surface area (TPSA) is 93.6 Å². The van der Waals surface area contributed by atoms with Gasteiger partial charge < -0.3 is 16.5 Å². The molecule has 5 N–H and O–H groups in total. The van der Waals surface area contributed by atoms with E-state index in [0.29, 0.717) is 11.5 Å². The van der Waals surface area contributed by atoms with Crippen LogP contribution in [0.3, 0.4) is 0 Å². The lowest BCUT2D eigenvalue weighted by molar-refractivity contribution is 0.711. The molecule has 1 atom stereocenters. The van der Waals surface area contributed by atoms with Crippen molar-refractivity contribution in [3.05, 3.63) is 18.0 Å². The summed E-state index contributed by atoms with van der Waals surface area (Å²) in [4.78, 5) is 11.5. The number of nitrogens with zero attached hydrogens (tertiary/aromatic N) is 2. The Balaban J connectivity index is 2.41. The third-order valence-corrected chi connectivity index (χ3v) is 1.93. The lowest BCUT2D eigenvalue weighted by Crippen LogP contribution is -2.18. The molecule has 0 aliphatic rings. The molecule has 0 spiro atoms. The highest BCUT2D eigenvalue weighted by atomic mass is 15.0. The second-order valence-corrected chi connectivity index (χ2v) is 3.47. The van der Waals surface area contributed by atoms with Crippen LogP contribution in [-0.2, 0) is 6.42 Å². The van der Waals surface area contributed by atoms with Gasteiger partial charge in [0.05, 0.1) is 5.52 Å². The maximum Gasteiger partial charge on any atom is 0.179 e. The zero-order valence-electron chi connectivity index (χ0n) is 7.99. The summed E-state index contributed by atoms with van der Waals surface area (Å²) in [5.41, 5.74) is 12.8. The van der Waals surface area contributed by atoms with Crippen molar-refractivity contribution in [3.8, 4) is 0 Å². The maximum absolute atomic E-state index is 5.67. The molecule has 1 unspecified atom stereocenters. The summed E-state index contributed by atoms with van der Waals surface area (Å²) in [6.07, 6.45) is 0.719. The number of hydrogen-bond acceptors (Lipinski definition) is 4. The summed E-state index contributed by atoms with van der Waals surface area (Å²) < 4.78 is 0. The third-order valence-electron chi connectivity index (χ3n) is 1.93. The highest BCUT2D eigenvalue weighted by Gasteiger charge is 2.05. The Morgan fingerprint density at radius 1 is 1.43 bits per heavy atom. The second-order valence-electron chi connectivity index (χ2n) is 3.47. The average Bonchev–Trinajstić information content (AvgIpc) is 2.44. The Hall–Kier alpha value is -1.62. The molecule has 2 aromatic heterocycles. The molecule has 0 aliphatic carbocycles. The third kappa shape index (κ3) is 1.67. The van der Waals surface area contributed by atoms with E-state index < -0.39 is 0 Å². The lowest BCUT2D eigenvalue weighted by atomic mass is 10.2. The van der Waals surface area contributed by atoms with Gasteiger partial charge >= 0.3 is 0 Å². The highest BCUT2D eigenvalue weighted by molar-refractivity contribution is 5.72. The van der Waals surface area contributed by atoms with Gasteiger partial charge in [0, 0.05) is 12.5 Å². The van der Waals surface area contributed by atoms with Crippen LogP contribution in [0.1, 0.15) is 12.7 Å². The number of rotatable bonds is 2. The van der Waals surface area contributed by atoms with Gasteiger partial charge in [-0.1, -0.05) is 0 Å². The molecule has 2 heterocycles. The summed E-state index contributed by atoms with van der Waals surface area (Å²) in [5, 5.41) is 0. The number of nitrogens with two attached hydrogens (primary N) is 2. The largest absolute Gasteiger partial charge is 0.384 e. The predicted molar refractivity (Wildman–Crippen MR) is 55.7 cm³/mol. The number of aromatic amines is 1. The molecule has 0 fully saturated rings. The summed E-state index contributed by atoms with van der Waals surface area (Å²) in [5.74, 6) is 1.34. The van der Waals surface area contributed by atoms with E-state index in [0.717, 1.165) is 17.8 Å². The van der Waals surface area contributed by atoms with Crippen LogP contribution in [0, 0.1) is 0 Å². The van der Waals surface area contributed by atoms with E-state index in [1.54, 1.807) is 6.07 Å². The van der Waals surface area contributed by atoms with E-state index in [-0.39, 0.29) is 6.04 Å². The zero-order valence-corrected chi connectivity index (χ0v) is 7.99. The molecule has 74 valence electrons. The standard InChI is InChI=1S/C9H13N5/c1-5(10)4-8-12-6-2-3-7(11)13-9(6)14-8/h2-3,5H,4,10H2,1H3,(H3,11,12,13,14). The first kappa shape index (κ1) is 8.96. The minimum absolute atomic E-state index is 0.0907. The second kappa shape index (κ2) is 3.26. The van der Waals surface area contributed by atoms with Gasteiger partial charge in [-0.05, 0) is 19.1 Å². The molecular weight excluding hydrogens is 178 g/mol. The van der Waals surface area contributed by atoms with Gasteiger partial charge in [0.15, 0.2) is 5.65 Å². The van der Waals surface area contributed by atoms with Crippen LogP contribution in [0.5, 0.6) is 0 Å². The van der Waals surface area contributed by atoms with Gasteiger partial charge in [-0.15, -0.1) is 0 Å². The number of aromatic nitrogens is 3. The SMILES string of the molecule is CC(N)Cc1nc2nc(N)ccc2[nH]1. The van der Waals surface area contributed by atoms with Crippen molar-refractivity contribution < 1.29 is 0 Å². The molecule has 5 heteroatoms. The Morgan fingerprint density at radius 2 is 2.21 bits per heavy atom. The van der Waals surface area contributed by atoms with Crippen molar-refractivity contribution in [2.75, 3.05) is 5.73 Å². The Kier molecular flexibility index (Phi) is 2.09. The van der Waals surface area contributed by atoms with Gasteiger partial charge in [0.2, 0.25) is 0 Å². The van der Waals surface area contributed by atoms with E-state index in [4.69, 9.17) is 11.5 Å². The van der Waals surface area contributed by atoms with Crippen molar-refractivity contribution in [1.82, 2.24) is 15.0 Å². The first-order valence-electron chi connectivity index (χ1n) is 4.52. The maximum atomic E-state index is 5.67. The van der Waals surface area contributed by atoms with Gasteiger partial charge in [0.1, 0.15) is 11.6 Å². The fraction of sp³-hybridized carbons (Fsp3) is 0.333. The molecule has 0 amide bonds. The molecule has 0 bridgehead atoms. The van der Waals surface area contributed by atoms with Crippen LogP contribution in [0.25, 0.3) is 11.2 Å². The van der Waals surface area contributed by atoms with Crippen molar-refractivity contribution in [3.63, 3.8) is 0 Å². The Morgan fingerprint density at radius 3 is 2.93 bits per heavy atom. The fourth-order valence-electron chi connectivity index (χ4n) is 1.36. The number of nitrogens with one attached hydrogen (secondary N) is 1. The van der Waals surface area contributed by atoms with Crippen LogP contribution in [0.15, 0.2) is 12.1 Å². The lowest BCUT2D eigenvalue weighted by Gasteiger charge is -1.98. The first-order valence-corrected chi connectivity index (χ1v) is 4.52. The number of anilines is 1. The van der Waals surface area contributed by atoms with Crippen LogP contribution in [0.2, 0.25) is 0 Å². The number of pyridine rings is 1. The van der Waals surface area contributed by atoms with Crippen molar-refractivity contribution in [2.45, 2.75) is 19.4 Å². The fourth-order valence-corrected chi connectivity index (χ4v) is 1.36. The molecule has 0 aliphatic heterocycles.